The first kappa shape index (κ1) is 18.6. The second-order valence-electron chi connectivity index (χ2n) is 5.99. The summed E-state index contributed by atoms with van der Waals surface area (Å²) in [5, 5.41) is 12.0. The van der Waals surface area contributed by atoms with Gasteiger partial charge in [0, 0.05) is 30.2 Å². The summed E-state index contributed by atoms with van der Waals surface area (Å²) < 4.78 is 5.65. The van der Waals surface area contributed by atoms with Gasteiger partial charge in [-0.15, -0.1) is 10.2 Å². The van der Waals surface area contributed by atoms with E-state index < -0.39 is 0 Å². The van der Waals surface area contributed by atoms with Crippen LogP contribution >= 0.6 is 11.3 Å². The third kappa shape index (κ3) is 4.58. The zero-order chi connectivity index (χ0) is 20.1. The van der Waals surface area contributed by atoms with Gasteiger partial charge < -0.3 is 4.74 Å². The molecule has 0 aliphatic rings. The largest absolute Gasteiger partial charge is 0.471 e. The molecule has 1 amide bonds. The highest BCUT2D eigenvalue weighted by Crippen LogP contribution is 2.26. The third-order valence-corrected chi connectivity index (χ3v) is 4.86. The average Bonchev–Trinajstić information content (AvgIpc) is 3.22. The second kappa shape index (κ2) is 8.53. The number of amides is 1. The zero-order valence-electron chi connectivity index (χ0n) is 15.4. The van der Waals surface area contributed by atoms with Crippen LogP contribution in [-0.2, 0) is 6.61 Å². The summed E-state index contributed by atoms with van der Waals surface area (Å²) in [6, 6.07) is 12.6. The van der Waals surface area contributed by atoms with Crippen LogP contribution in [0.15, 0.2) is 61.1 Å². The minimum Gasteiger partial charge on any atom is -0.471 e. The number of carbonyl (C=O) groups excluding carboxylic acids is 1. The molecule has 0 aliphatic heterocycles. The molecular formula is C20H16N6O2S. The van der Waals surface area contributed by atoms with Crippen molar-refractivity contribution in [3.8, 4) is 16.5 Å². The molecule has 8 nitrogen and oxygen atoms in total. The molecule has 0 saturated carbocycles. The molecule has 1 N–H and O–H groups in total. The maximum absolute atomic E-state index is 12.6. The van der Waals surface area contributed by atoms with Gasteiger partial charge in [-0.2, -0.15) is 0 Å². The van der Waals surface area contributed by atoms with Gasteiger partial charge in [0.15, 0.2) is 0 Å². The summed E-state index contributed by atoms with van der Waals surface area (Å²) in [6.07, 6.45) is 5.07. The highest BCUT2D eigenvalue weighted by atomic mass is 32.1. The maximum atomic E-state index is 12.6. The smallest absolute Gasteiger partial charge is 0.259 e. The fourth-order valence-corrected chi connectivity index (χ4v) is 3.28. The van der Waals surface area contributed by atoms with Crippen LogP contribution < -0.4 is 10.1 Å². The Hall–Kier alpha value is -3.72. The van der Waals surface area contributed by atoms with Crippen molar-refractivity contribution in [3.63, 3.8) is 0 Å². The predicted molar refractivity (Wildman–Crippen MR) is 109 cm³/mol. The minimum atomic E-state index is -0.302. The molecule has 0 atom stereocenters. The molecule has 0 aliphatic carbocycles. The SMILES string of the molecule is Cc1nc(OCc2ccccn2)ccc1C(=O)Nc1nnc(-c2ccncc2)s1. The van der Waals surface area contributed by atoms with Crippen molar-refractivity contribution in [3.05, 3.63) is 78.0 Å². The number of anilines is 1. The van der Waals surface area contributed by atoms with E-state index in [1.807, 2.05) is 30.3 Å². The molecule has 0 radical (unpaired) electrons. The first-order valence-electron chi connectivity index (χ1n) is 8.74. The van der Waals surface area contributed by atoms with Crippen molar-refractivity contribution in [2.24, 2.45) is 0 Å². The molecule has 0 aromatic carbocycles. The Labute approximate surface area is 170 Å². The van der Waals surface area contributed by atoms with Crippen LogP contribution in [0.5, 0.6) is 5.88 Å². The van der Waals surface area contributed by atoms with Crippen LogP contribution in [0.1, 0.15) is 21.7 Å². The van der Waals surface area contributed by atoms with E-state index in [4.69, 9.17) is 4.74 Å². The molecule has 4 rings (SSSR count). The van der Waals surface area contributed by atoms with Crippen molar-refractivity contribution >= 4 is 22.4 Å². The van der Waals surface area contributed by atoms with Crippen molar-refractivity contribution < 1.29 is 9.53 Å². The van der Waals surface area contributed by atoms with E-state index in [1.165, 1.54) is 11.3 Å². The van der Waals surface area contributed by atoms with Gasteiger partial charge in [-0.3, -0.25) is 20.1 Å². The number of nitrogens with one attached hydrogen (secondary N) is 1. The average molecular weight is 404 g/mol. The van der Waals surface area contributed by atoms with E-state index in [0.29, 0.717) is 33.9 Å². The number of pyridine rings is 3. The molecule has 4 heterocycles. The molecule has 0 spiro atoms. The van der Waals surface area contributed by atoms with Gasteiger partial charge in [0.25, 0.3) is 5.91 Å². The molecule has 0 fully saturated rings. The monoisotopic (exact) mass is 404 g/mol. The Bertz CT molecular complexity index is 1120. The Kier molecular flexibility index (Phi) is 5.48. The third-order valence-electron chi connectivity index (χ3n) is 3.97. The number of hydrogen-bond acceptors (Lipinski definition) is 8. The van der Waals surface area contributed by atoms with Crippen molar-refractivity contribution in [2.45, 2.75) is 13.5 Å². The first-order valence-corrected chi connectivity index (χ1v) is 9.56. The van der Waals surface area contributed by atoms with Crippen LogP contribution in [-0.4, -0.2) is 31.1 Å². The van der Waals surface area contributed by atoms with E-state index >= 15 is 0 Å². The second-order valence-corrected chi connectivity index (χ2v) is 6.97. The lowest BCUT2D eigenvalue weighted by atomic mass is 10.2. The number of aryl methyl sites for hydroxylation is 1. The summed E-state index contributed by atoms with van der Waals surface area (Å²) in [5.74, 6) is 0.129. The van der Waals surface area contributed by atoms with Gasteiger partial charge in [-0.25, -0.2) is 4.98 Å². The molecule has 0 bridgehead atoms. The summed E-state index contributed by atoms with van der Waals surface area (Å²) >= 11 is 1.29. The Balaban J connectivity index is 1.42. The molecule has 0 unspecified atom stereocenters. The van der Waals surface area contributed by atoms with Crippen LogP contribution in [0, 0.1) is 6.92 Å². The van der Waals surface area contributed by atoms with E-state index in [-0.39, 0.29) is 5.91 Å². The van der Waals surface area contributed by atoms with E-state index in [0.717, 1.165) is 11.3 Å². The van der Waals surface area contributed by atoms with E-state index in [2.05, 4.69) is 30.5 Å². The lowest BCUT2D eigenvalue weighted by Crippen LogP contribution is -2.14. The van der Waals surface area contributed by atoms with Crippen LogP contribution in [0.3, 0.4) is 0 Å². The van der Waals surface area contributed by atoms with Gasteiger partial charge in [-0.05, 0) is 37.3 Å². The van der Waals surface area contributed by atoms with E-state index in [9.17, 15) is 4.79 Å². The standard InChI is InChI=1S/C20H16N6O2S/c1-13-16(5-6-17(23-13)28-12-15-4-2-3-9-22-15)18(27)24-20-26-25-19(29-20)14-7-10-21-11-8-14/h2-11H,12H2,1H3,(H,24,26,27). The van der Waals surface area contributed by atoms with E-state index in [1.54, 1.807) is 37.6 Å². The highest BCUT2D eigenvalue weighted by molar-refractivity contribution is 7.18. The summed E-state index contributed by atoms with van der Waals surface area (Å²) in [6.45, 7) is 2.06. The number of rotatable bonds is 6. The Morgan fingerprint density at radius 3 is 2.69 bits per heavy atom. The van der Waals surface area contributed by atoms with Gasteiger partial charge in [0.2, 0.25) is 11.0 Å². The van der Waals surface area contributed by atoms with Crippen molar-refractivity contribution in [1.29, 1.82) is 0 Å². The quantitative estimate of drug-likeness (QED) is 0.524. The number of ether oxygens (including phenoxy) is 1. The van der Waals surface area contributed by atoms with Gasteiger partial charge in [0.1, 0.15) is 11.6 Å². The topological polar surface area (TPSA) is 103 Å². The molecular weight excluding hydrogens is 388 g/mol. The molecule has 144 valence electrons. The van der Waals surface area contributed by atoms with Crippen molar-refractivity contribution in [1.82, 2.24) is 25.1 Å². The Morgan fingerprint density at radius 1 is 1.07 bits per heavy atom. The van der Waals surface area contributed by atoms with Crippen LogP contribution in [0.4, 0.5) is 5.13 Å². The fraction of sp³-hybridized carbons (Fsp3) is 0.100. The van der Waals surface area contributed by atoms with Crippen LogP contribution in [0.25, 0.3) is 10.6 Å². The predicted octanol–water partition coefficient (Wildman–Crippen LogP) is 3.53. The number of hydrogen-bond donors (Lipinski definition) is 1. The Morgan fingerprint density at radius 2 is 1.93 bits per heavy atom. The fourth-order valence-electron chi connectivity index (χ4n) is 2.54. The molecule has 0 saturated heterocycles. The molecule has 4 aromatic heterocycles. The van der Waals surface area contributed by atoms with Gasteiger partial charge >= 0.3 is 0 Å². The molecule has 29 heavy (non-hydrogen) atoms. The lowest BCUT2D eigenvalue weighted by molar-refractivity contribution is 0.102. The molecule has 4 aromatic rings. The maximum Gasteiger partial charge on any atom is 0.259 e. The summed E-state index contributed by atoms with van der Waals surface area (Å²) in [5.41, 5.74) is 2.69. The van der Waals surface area contributed by atoms with Crippen molar-refractivity contribution in [2.75, 3.05) is 5.32 Å². The number of carbonyl (C=O) groups is 1. The summed E-state index contributed by atoms with van der Waals surface area (Å²) in [7, 11) is 0. The number of aromatic nitrogens is 5. The normalized spacial score (nSPS) is 10.5. The summed E-state index contributed by atoms with van der Waals surface area (Å²) in [4.78, 5) is 25.1. The highest BCUT2D eigenvalue weighted by Gasteiger charge is 2.15. The minimum absolute atomic E-state index is 0.302. The number of nitrogens with zero attached hydrogens (tertiary/aromatic N) is 5. The zero-order valence-corrected chi connectivity index (χ0v) is 16.3. The molecule has 9 heteroatoms. The van der Waals surface area contributed by atoms with Crippen LogP contribution in [0.2, 0.25) is 0 Å². The first-order chi connectivity index (χ1) is 14.2. The van der Waals surface area contributed by atoms with Gasteiger partial charge in [0.05, 0.1) is 17.0 Å². The van der Waals surface area contributed by atoms with Gasteiger partial charge in [-0.1, -0.05) is 17.4 Å². The lowest BCUT2D eigenvalue weighted by Gasteiger charge is -2.08.